The van der Waals surface area contributed by atoms with Gasteiger partial charge < -0.3 is 10.1 Å². The van der Waals surface area contributed by atoms with E-state index < -0.39 is 12.4 Å². The molecule has 0 bridgehead atoms. The Hall–Kier alpha value is -2.30. The van der Waals surface area contributed by atoms with Gasteiger partial charge in [0, 0.05) is 7.05 Å². The van der Waals surface area contributed by atoms with Crippen LogP contribution in [0, 0.1) is 0 Å². The maximum Gasteiger partial charge on any atom is 0.573 e. The predicted molar refractivity (Wildman–Crippen MR) is 73.8 cm³/mol. The van der Waals surface area contributed by atoms with Crippen molar-refractivity contribution in [1.29, 1.82) is 0 Å². The van der Waals surface area contributed by atoms with Crippen LogP contribution in [0.3, 0.4) is 0 Å². The fraction of sp³-hybridized carbons (Fsp3) is 0.182. The highest BCUT2D eigenvalue weighted by atomic mass is 79.9. The van der Waals surface area contributed by atoms with Crippen LogP contribution in [0.25, 0.3) is 5.69 Å². The molecule has 0 saturated heterocycles. The van der Waals surface area contributed by atoms with E-state index in [0.717, 1.165) is 12.1 Å². The minimum Gasteiger partial charge on any atom is -0.406 e. The Kier molecular flexibility index (Phi) is 4.54. The second kappa shape index (κ2) is 6.22. The van der Waals surface area contributed by atoms with Crippen molar-refractivity contribution in [3.8, 4) is 11.4 Å². The lowest BCUT2D eigenvalue weighted by Crippen LogP contribution is -2.26. The molecule has 2 aromatic rings. The average Bonchev–Trinajstić information content (AvgIpc) is 2.78. The maximum atomic E-state index is 12.1. The van der Waals surface area contributed by atoms with E-state index in [1.54, 1.807) is 0 Å². The lowest BCUT2D eigenvalue weighted by atomic mass is 10.3. The first-order chi connectivity index (χ1) is 10.3. The molecule has 2 N–H and O–H groups in total. The number of urea groups is 1. The van der Waals surface area contributed by atoms with Gasteiger partial charge in [-0.15, -0.1) is 18.3 Å². The summed E-state index contributed by atoms with van der Waals surface area (Å²) in [7, 11) is 1.42. The average molecular weight is 380 g/mol. The number of hydrogen-bond acceptors (Lipinski definition) is 4. The lowest BCUT2D eigenvalue weighted by molar-refractivity contribution is -0.274. The smallest absolute Gasteiger partial charge is 0.406 e. The number of halogens is 4. The van der Waals surface area contributed by atoms with Gasteiger partial charge >= 0.3 is 12.4 Å². The van der Waals surface area contributed by atoms with Crippen molar-refractivity contribution < 1.29 is 22.7 Å². The normalized spacial score (nSPS) is 11.1. The van der Waals surface area contributed by atoms with E-state index in [2.05, 4.69) is 41.4 Å². The van der Waals surface area contributed by atoms with Crippen molar-refractivity contribution in [2.75, 3.05) is 12.4 Å². The van der Waals surface area contributed by atoms with Crippen molar-refractivity contribution >= 4 is 27.9 Å². The lowest BCUT2D eigenvalue weighted by Gasteiger charge is -2.10. The van der Waals surface area contributed by atoms with Crippen LogP contribution in [-0.2, 0) is 0 Å². The number of ether oxygens (including phenoxy) is 1. The Bertz CT molecular complexity index is 671. The zero-order valence-corrected chi connectivity index (χ0v) is 12.6. The number of benzene rings is 1. The molecule has 1 aromatic heterocycles. The molecule has 1 aromatic carbocycles. The van der Waals surface area contributed by atoms with Crippen LogP contribution in [0.4, 0.5) is 23.9 Å². The second-order valence-electron chi connectivity index (χ2n) is 3.86. The predicted octanol–water partition coefficient (Wildman–Crippen LogP) is 2.68. The number of anilines is 1. The van der Waals surface area contributed by atoms with Gasteiger partial charge in [0.1, 0.15) is 5.75 Å². The molecule has 0 radical (unpaired) electrons. The Morgan fingerprint density at radius 1 is 1.32 bits per heavy atom. The molecule has 7 nitrogen and oxygen atoms in total. The minimum atomic E-state index is -4.76. The molecule has 0 aliphatic rings. The highest BCUT2D eigenvalue weighted by molar-refractivity contribution is 9.10. The number of nitrogens with zero attached hydrogens (tertiary/aromatic N) is 3. The number of aromatic nitrogens is 3. The summed E-state index contributed by atoms with van der Waals surface area (Å²) in [6.07, 6.45) is -4.76. The van der Waals surface area contributed by atoms with E-state index in [-0.39, 0.29) is 16.4 Å². The first kappa shape index (κ1) is 16.1. The molecule has 11 heteroatoms. The highest BCUT2D eigenvalue weighted by Gasteiger charge is 2.31. The van der Waals surface area contributed by atoms with E-state index in [0.29, 0.717) is 5.69 Å². The van der Waals surface area contributed by atoms with Gasteiger partial charge in [0.15, 0.2) is 0 Å². The topological polar surface area (TPSA) is 81.1 Å². The van der Waals surface area contributed by atoms with Gasteiger partial charge in [-0.3, -0.25) is 5.32 Å². The summed E-state index contributed by atoms with van der Waals surface area (Å²) in [5.41, 5.74) is 0.388. The Balaban J connectivity index is 2.26. The molecule has 1 heterocycles. The summed E-state index contributed by atoms with van der Waals surface area (Å²) in [5.74, 6) is -0.271. The summed E-state index contributed by atoms with van der Waals surface area (Å²) >= 11 is 3.06. The second-order valence-corrected chi connectivity index (χ2v) is 4.57. The van der Waals surface area contributed by atoms with Gasteiger partial charge in [-0.25, -0.2) is 4.79 Å². The molecule has 0 aliphatic heterocycles. The van der Waals surface area contributed by atoms with Crippen LogP contribution < -0.4 is 15.4 Å². The molecule has 0 saturated carbocycles. The van der Waals surface area contributed by atoms with E-state index in [1.807, 2.05) is 0 Å². The van der Waals surface area contributed by atoms with Crippen LogP contribution in [0.5, 0.6) is 5.75 Å². The monoisotopic (exact) mass is 379 g/mol. The molecule has 2 rings (SSSR count). The summed E-state index contributed by atoms with van der Waals surface area (Å²) < 4.78 is 41.5. The standard InChI is InChI=1S/C11H9BrF3N5O2/c1-16-10(21)18-9-17-8(12)19-20(9)6-2-4-7(5-3-6)22-11(13,14)15/h2-5H,1H3,(H2,16,17,18,19,21). The zero-order valence-electron chi connectivity index (χ0n) is 11.0. The summed E-state index contributed by atoms with van der Waals surface area (Å²) in [5, 5.41) is 8.76. The van der Waals surface area contributed by atoms with Gasteiger partial charge in [-0.2, -0.15) is 9.67 Å². The first-order valence-corrected chi connectivity index (χ1v) is 6.55. The Labute approximate surface area is 130 Å². The van der Waals surface area contributed by atoms with E-state index in [4.69, 9.17) is 0 Å². The van der Waals surface area contributed by atoms with Gasteiger partial charge in [0.05, 0.1) is 5.69 Å². The number of alkyl halides is 3. The van der Waals surface area contributed by atoms with Crippen LogP contribution in [-0.4, -0.2) is 34.2 Å². The third-order valence-electron chi connectivity index (χ3n) is 2.35. The molecule has 118 valence electrons. The molecule has 0 spiro atoms. The Morgan fingerprint density at radius 3 is 2.50 bits per heavy atom. The molecule has 2 amide bonds. The van der Waals surface area contributed by atoms with Gasteiger partial charge in [0.25, 0.3) is 0 Å². The van der Waals surface area contributed by atoms with Crippen molar-refractivity contribution in [2.45, 2.75) is 6.36 Å². The summed E-state index contributed by atoms with van der Waals surface area (Å²) in [4.78, 5) is 15.3. The van der Waals surface area contributed by atoms with Crippen molar-refractivity contribution in [1.82, 2.24) is 20.1 Å². The fourth-order valence-corrected chi connectivity index (χ4v) is 1.83. The van der Waals surface area contributed by atoms with Crippen LogP contribution in [0.1, 0.15) is 0 Å². The number of nitrogens with one attached hydrogen (secondary N) is 2. The molecule has 0 fully saturated rings. The van der Waals surface area contributed by atoms with Crippen molar-refractivity contribution in [2.24, 2.45) is 0 Å². The largest absolute Gasteiger partial charge is 0.573 e. The van der Waals surface area contributed by atoms with E-state index >= 15 is 0 Å². The van der Waals surface area contributed by atoms with Crippen LogP contribution in [0.2, 0.25) is 0 Å². The highest BCUT2D eigenvalue weighted by Crippen LogP contribution is 2.24. The van der Waals surface area contributed by atoms with Crippen molar-refractivity contribution in [3.63, 3.8) is 0 Å². The minimum absolute atomic E-state index is 0.0933. The van der Waals surface area contributed by atoms with Crippen LogP contribution >= 0.6 is 15.9 Å². The number of carbonyl (C=O) groups is 1. The molecule has 0 atom stereocenters. The summed E-state index contributed by atoms with van der Waals surface area (Å²) in [6, 6.07) is 4.43. The van der Waals surface area contributed by atoms with Gasteiger partial charge in [-0.05, 0) is 40.2 Å². The first-order valence-electron chi connectivity index (χ1n) is 5.76. The Morgan fingerprint density at radius 2 is 1.95 bits per heavy atom. The number of hydrogen-bond donors (Lipinski definition) is 2. The fourth-order valence-electron chi connectivity index (χ4n) is 1.50. The quantitative estimate of drug-likeness (QED) is 0.858. The maximum absolute atomic E-state index is 12.1. The molecule has 22 heavy (non-hydrogen) atoms. The number of rotatable bonds is 3. The summed E-state index contributed by atoms with van der Waals surface area (Å²) in [6.45, 7) is 0. The molecular formula is C11H9BrF3N5O2. The third kappa shape index (κ3) is 4.10. The van der Waals surface area contributed by atoms with E-state index in [1.165, 1.54) is 23.9 Å². The third-order valence-corrected chi connectivity index (χ3v) is 2.68. The van der Waals surface area contributed by atoms with Crippen LogP contribution in [0.15, 0.2) is 29.0 Å². The SMILES string of the molecule is CNC(=O)Nc1nc(Br)nn1-c1ccc(OC(F)(F)F)cc1. The molecule has 0 unspecified atom stereocenters. The van der Waals surface area contributed by atoms with Gasteiger partial charge in [-0.1, -0.05) is 0 Å². The number of amides is 2. The zero-order chi connectivity index (χ0) is 16.3. The van der Waals surface area contributed by atoms with Crippen molar-refractivity contribution in [3.05, 3.63) is 29.0 Å². The van der Waals surface area contributed by atoms with E-state index in [9.17, 15) is 18.0 Å². The number of carbonyl (C=O) groups excluding carboxylic acids is 1. The molecule has 0 aliphatic carbocycles. The molecular weight excluding hydrogens is 371 g/mol. The van der Waals surface area contributed by atoms with Gasteiger partial charge in [0.2, 0.25) is 10.7 Å².